The van der Waals surface area contributed by atoms with E-state index in [0.29, 0.717) is 50.6 Å². The van der Waals surface area contributed by atoms with Crippen LogP contribution in [0.1, 0.15) is 49.3 Å². The van der Waals surface area contributed by atoms with E-state index in [0.717, 1.165) is 61.5 Å². The highest BCUT2D eigenvalue weighted by Gasteiger charge is 2.37. The highest BCUT2D eigenvalue weighted by Crippen LogP contribution is 2.39. The Bertz CT molecular complexity index is 2010. The number of anilines is 1. The number of aromatic nitrogens is 3. The number of benzene rings is 2. The van der Waals surface area contributed by atoms with Crippen molar-refractivity contribution < 1.29 is 22.8 Å². The second-order valence-corrected chi connectivity index (χ2v) is 14.9. The quantitative estimate of drug-likeness (QED) is 0.262. The van der Waals surface area contributed by atoms with Crippen molar-refractivity contribution in [2.24, 2.45) is 5.92 Å². The SMILES string of the molecule is CN1CCN(C2CCN(C(=O)C(CC(=O)N3CCC(n4c(=O)[nH]c5c6ccccc6ncc54)CC3)Cc3cc(Cl)c(N)c(C(F)(F)F)c3)CC2)CC1. The second kappa shape index (κ2) is 14.7. The Balaban J connectivity index is 1.06. The highest BCUT2D eigenvalue weighted by molar-refractivity contribution is 6.33. The topological polar surface area (TPSA) is 124 Å². The number of hydrogen-bond acceptors (Lipinski definition) is 7. The van der Waals surface area contributed by atoms with Crippen LogP contribution in [0.4, 0.5) is 18.9 Å². The van der Waals surface area contributed by atoms with E-state index in [2.05, 4.69) is 26.8 Å². The number of nitrogens with zero attached hydrogens (tertiary/aromatic N) is 6. The van der Waals surface area contributed by atoms with Crippen molar-refractivity contribution in [3.05, 3.63) is 69.2 Å². The number of piperazine rings is 1. The number of carbonyl (C=O) groups excluding carboxylic acids is 2. The van der Waals surface area contributed by atoms with E-state index in [4.69, 9.17) is 17.3 Å². The maximum atomic E-state index is 14.2. The van der Waals surface area contributed by atoms with Crippen molar-refractivity contribution in [2.45, 2.75) is 56.8 Å². The summed E-state index contributed by atoms with van der Waals surface area (Å²) in [6.45, 7) is 5.72. The van der Waals surface area contributed by atoms with Crippen LogP contribution >= 0.6 is 11.6 Å². The van der Waals surface area contributed by atoms with E-state index in [1.165, 1.54) is 6.07 Å². The van der Waals surface area contributed by atoms with Crippen LogP contribution in [0.15, 0.2) is 47.4 Å². The van der Waals surface area contributed by atoms with Gasteiger partial charge in [-0.3, -0.25) is 24.0 Å². The molecular formula is C37H44ClF3N8O3. The molecule has 3 N–H and O–H groups in total. The molecule has 11 nitrogen and oxygen atoms in total. The molecule has 278 valence electrons. The number of piperidine rings is 2. The van der Waals surface area contributed by atoms with Crippen LogP contribution in [0.25, 0.3) is 21.9 Å². The monoisotopic (exact) mass is 740 g/mol. The predicted octanol–water partition coefficient (Wildman–Crippen LogP) is 4.78. The van der Waals surface area contributed by atoms with Crippen LogP contribution in [0.5, 0.6) is 0 Å². The number of fused-ring (bicyclic) bond motifs is 3. The Morgan fingerprint density at radius 2 is 1.62 bits per heavy atom. The summed E-state index contributed by atoms with van der Waals surface area (Å²) in [5.41, 5.74) is 6.24. The van der Waals surface area contributed by atoms with Gasteiger partial charge < -0.3 is 25.4 Å². The van der Waals surface area contributed by atoms with Gasteiger partial charge in [0.25, 0.3) is 0 Å². The van der Waals surface area contributed by atoms with Gasteiger partial charge in [-0.15, -0.1) is 0 Å². The number of likely N-dealkylation sites (tertiary alicyclic amines) is 2. The predicted molar refractivity (Wildman–Crippen MR) is 194 cm³/mol. The molecule has 3 fully saturated rings. The van der Waals surface area contributed by atoms with Gasteiger partial charge >= 0.3 is 11.9 Å². The molecule has 2 aromatic heterocycles. The third kappa shape index (κ3) is 7.38. The molecular weight excluding hydrogens is 697 g/mol. The van der Waals surface area contributed by atoms with Crippen LogP contribution in [-0.2, 0) is 22.2 Å². The summed E-state index contributed by atoms with van der Waals surface area (Å²) in [6.07, 6.45) is -0.640. The summed E-state index contributed by atoms with van der Waals surface area (Å²) in [5, 5.41) is 0.612. The molecule has 15 heteroatoms. The number of amides is 2. The summed E-state index contributed by atoms with van der Waals surface area (Å²) in [7, 11) is 2.11. The third-order valence-corrected chi connectivity index (χ3v) is 11.5. The fourth-order valence-corrected chi connectivity index (χ4v) is 8.49. The molecule has 2 amide bonds. The molecule has 2 aromatic carbocycles. The van der Waals surface area contributed by atoms with Crippen molar-refractivity contribution >= 4 is 51.0 Å². The number of imidazole rings is 1. The molecule has 7 rings (SSSR count). The standard InChI is InChI=1S/C37H44ClF3N8O3/c1-45-14-16-46(17-15-45)25-6-12-48(13-7-25)35(51)24(18-23-19-28(37(39,40)41)33(42)29(38)20-23)21-32(50)47-10-8-26(9-11-47)49-31-22-43-30-5-3-2-4-27(30)34(31)44-36(49)52/h2-5,19-20,22,24-26H,6-18,21,42H2,1H3,(H,44,52). The van der Waals surface area contributed by atoms with E-state index in [-0.39, 0.29) is 47.0 Å². The number of carbonyl (C=O) groups is 2. The average molecular weight is 741 g/mol. The van der Waals surface area contributed by atoms with Gasteiger partial charge in [0.15, 0.2) is 0 Å². The van der Waals surface area contributed by atoms with Gasteiger partial charge in [-0.05, 0) is 62.9 Å². The molecule has 0 radical (unpaired) electrons. The number of hydrogen-bond donors (Lipinski definition) is 2. The first-order chi connectivity index (χ1) is 24.9. The van der Waals surface area contributed by atoms with Gasteiger partial charge in [0, 0.05) is 76.2 Å². The lowest BCUT2D eigenvalue weighted by Gasteiger charge is -2.42. The van der Waals surface area contributed by atoms with Crippen molar-refractivity contribution in [1.29, 1.82) is 0 Å². The van der Waals surface area contributed by atoms with E-state index in [1.54, 1.807) is 20.6 Å². The number of pyridine rings is 1. The van der Waals surface area contributed by atoms with E-state index >= 15 is 0 Å². The van der Waals surface area contributed by atoms with Crippen LogP contribution in [0.3, 0.4) is 0 Å². The van der Waals surface area contributed by atoms with Gasteiger partial charge in [0.1, 0.15) is 0 Å². The van der Waals surface area contributed by atoms with Crippen molar-refractivity contribution in [3.63, 3.8) is 0 Å². The number of aromatic amines is 1. The first-order valence-corrected chi connectivity index (χ1v) is 18.4. The molecule has 1 unspecified atom stereocenters. The van der Waals surface area contributed by atoms with Gasteiger partial charge in [-0.25, -0.2) is 4.79 Å². The summed E-state index contributed by atoms with van der Waals surface area (Å²) in [4.78, 5) is 57.0. The average Bonchev–Trinajstić information content (AvgIpc) is 3.48. The minimum absolute atomic E-state index is 0.0891. The summed E-state index contributed by atoms with van der Waals surface area (Å²) >= 11 is 6.16. The van der Waals surface area contributed by atoms with Crippen molar-refractivity contribution in [3.8, 4) is 0 Å². The number of nitrogen functional groups attached to an aromatic ring is 1. The summed E-state index contributed by atoms with van der Waals surface area (Å²) in [5.74, 6) is -1.38. The molecule has 5 heterocycles. The van der Waals surface area contributed by atoms with Crippen LogP contribution < -0.4 is 11.4 Å². The van der Waals surface area contributed by atoms with E-state index < -0.39 is 23.3 Å². The van der Waals surface area contributed by atoms with Crippen LogP contribution in [0.2, 0.25) is 5.02 Å². The number of H-pyrrole nitrogens is 1. The maximum Gasteiger partial charge on any atom is 0.418 e. The number of halogens is 4. The lowest BCUT2D eigenvalue weighted by atomic mass is 9.91. The molecule has 0 bridgehead atoms. The number of likely N-dealkylation sites (N-methyl/N-ethyl adjacent to an activating group) is 1. The molecule has 0 aliphatic carbocycles. The Morgan fingerprint density at radius 3 is 2.31 bits per heavy atom. The molecule has 3 aliphatic heterocycles. The fraction of sp³-hybridized carbons (Fsp3) is 0.514. The number of nitrogens with two attached hydrogens (primary N) is 1. The Labute approximate surface area is 304 Å². The molecule has 4 aromatic rings. The number of alkyl halides is 3. The molecule has 52 heavy (non-hydrogen) atoms. The Kier molecular flexibility index (Phi) is 10.2. The number of rotatable bonds is 7. The molecule has 3 aliphatic rings. The summed E-state index contributed by atoms with van der Waals surface area (Å²) < 4.78 is 43.3. The molecule has 0 saturated carbocycles. The minimum atomic E-state index is -4.73. The van der Waals surface area contributed by atoms with Gasteiger partial charge in [0.05, 0.1) is 44.9 Å². The normalized spacial score (nSPS) is 19.5. The van der Waals surface area contributed by atoms with E-state index in [9.17, 15) is 27.6 Å². The smallest absolute Gasteiger partial charge is 0.397 e. The van der Waals surface area contributed by atoms with Crippen molar-refractivity contribution in [1.82, 2.24) is 34.1 Å². The highest BCUT2D eigenvalue weighted by atomic mass is 35.5. The minimum Gasteiger partial charge on any atom is -0.397 e. The summed E-state index contributed by atoms with van der Waals surface area (Å²) in [6, 6.07) is 10.1. The first-order valence-electron chi connectivity index (χ1n) is 18.0. The Morgan fingerprint density at radius 1 is 0.962 bits per heavy atom. The zero-order chi connectivity index (χ0) is 36.7. The van der Waals surface area contributed by atoms with Crippen molar-refractivity contribution in [2.75, 3.05) is 65.1 Å². The van der Waals surface area contributed by atoms with Crippen LogP contribution in [0, 0.1) is 5.92 Å². The zero-order valence-electron chi connectivity index (χ0n) is 29.2. The van der Waals surface area contributed by atoms with Gasteiger partial charge in [-0.1, -0.05) is 29.8 Å². The third-order valence-electron chi connectivity index (χ3n) is 11.2. The second-order valence-electron chi connectivity index (χ2n) is 14.5. The first kappa shape index (κ1) is 36.2. The molecule has 3 saturated heterocycles. The van der Waals surface area contributed by atoms with Gasteiger partial charge in [0.2, 0.25) is 11.8 Å². The number of nitrogens with one attached hydrogen (secondary N) is 1. The Hall–Kier alpha value is -4.14. The zero-order valence-corrected chi connectivity index (χ0v) is 29.9. The molecule has 0 spiro atoms. The fourth-order valence-electron chi connectivity index (χ4n) is 8.25. The molecule has 1 atom stereocenters. The maximum absolute atomic E-state index is 14.2. The number of para-hydroxylation sites is 1. The lowest BCUT2D eigenvalue weighted by molar-refractivity contribution is -0.143. The van der Waals surface area contributed by atoms with Crippen LogP contribution in [-0.4, -0.2) is 111 Å². The largest absolute Gasteiger partial charge is 0.418 e. The van der Waals surface area contributed by atoms with Gasteiger partial charge in [-0.2, -0.15) is 13.2 Å². The van der Waals surface area contributed by atoms with E-state index in [1.807, 2.05) is 24.3 Å². The lowest BCUT2D eigenvalue weighted by Crippen LogP contribution is -2.53.